The summed E-state index contributed by atoms with van der Waals surface area (Å²) in [6.45, 7) is 0. The summed E-state index contributed by atoms with van der Waals surface area (Å²) >= 11 is 0. The van der Waals surface area contributed by atoms with Crippen molar-refractivity contribution in [1.82, 2.24) is 0 Å². The van der Waals surface area contributed by atoms with E-state index in [0.29, 0.717) is 12.1 Å². The van der Waals surface area contributed by atoms with Crippen molar-refractivity contribution in [2.75, 3.05) is 0 Å². The third-order valence-corrected chi connectivity index (χ3v) is 1.49. The fourth-order valence-corrected chi connectivity index (χ4v) is 0.769. The Labute approximate surface area is 85.1 Å². The molecule has 0 amide bonds. The summed E-state index contributed by atoms with van der Waals surface area (Å²) < 4.78 is 66.0. The minimum absolute atomic E-state index is 0.325. The van der Waals surface area contributed by atoms with Crippen LogP contribution in [0.1, 0.15) is 0 Å². The molecule has 1 aromatic carbocycles. The molecular formula is C8H3F5O3. The van der Waals surface area contributed by atoms with Gasteiger partial charge in [-0.1, -0.05) is 0 Å². The van der Waals surface area contributed by atoms with Gasteiger partial charge in [-0.25, -0.2) is 13.6 Å². The molecule has 0 aliphatic heterocycles. The van der Waals surface area contributed by atoms with E-state index in [2.05, 4.69) is 4.74 Å². The fourth-order valence-electron chi connectivity index (χ4n) is 0.769. The maximum Gasteiger partial charge on any atom is 0.502 e. The molecule has 0 aliphatic rings. The molecule has 0 saturated heterocycles. The van der Waals surface area contributed by atoms with Crippen LogP contribution >= 0.6 is 0 Å². The van der Waals surface area contributed by atoms with Gasteiger partial charge >= 0.3 is 12.1 Å². The Balaban J connectivity index is 3.08. The lowest BCUT2D eigenvalue weighted by Crippen LogP contribution is -2.35. The van der Waals surface area contributed by atoms with Gasteiger partial charge < -0.3 is 9.84 Å². The first-order valence-electron chi connectivity index (χ1n) is 3.69. The SMILES string of the molecule is O=C(O)C(F)(F)Oc1ccc(F)c(F)c1F. The summed E-state index contributed by atoms with van der Waals surface area (Å²) in [6.07, 6.45) is -4.73. The molecule has 0 aliphatic carbocycles. The smallest absolute Gasteiger partial charge is 0.474 e. The first kappa shape index (κ1) is 12.2. The van der Waals surface area contributed by atoms with Crippen LogP contribution < -0.4 is 4.74 Å². The Hall–Kier alpha value is -1.86. The molecule has 3 nitrogen and oxygen atoms in total. The van der Waals surface area contributed by atoms with Gasteiger partial charge in [-0.2, -0.15) is 13.2 Å². The summed E-state index contributed by atoms with van der Waals surface area (Å²) in [6, 6.07) is 0.677. The van der Waals surface area contributed by atoms with Crippen LogP contribution in [0, 0.1) is 17.5 Å². The van der Waals surface area contributed by atoms with Gasteiger partial charge in [0.25, 0.3) is 0 Å². The summed E-state index contributed by atoms with van der Waals surface area (Å²) in [5, 5.41) is 7.95. The van der Waals surface area contributed by atoms with Crippen molar-refractivity contribution < 1.29 is 36.6 Å². The number of ether oxygens (including phenoxy) is 1. The van der Waals surface area contributed by atoms with E-state index in [1.807, 2.05) is 0 Å². The van der Waals surface area contributed by atoms with Gasteiger partial charge in [0, 0.05) is 0 Å². The zero-order chi connectivity index (χ0) is 12.5. The Morgan fingerprint density at radius 2 is 1.75 bits per heavy atom. The molecule has 0 atom stereocenters. The van der Waals surface area contributed by atoms with Crippen LogP contribution in [0.4, 0.5) is 22.0 Å². The van der Waals surface area contributed by atoms with Crippen LogP contribution in [0.15, 0.2) is 12.1 Å². The lowest BCUT2D eigenvalue weighted by atomic mass is 10.3. The average molecular weight is 242 g/mol. The van der Waals surface area contributed by atoms with Gasteiger partial charge in [0.05, 0.1) is 0 Å². The Kier molecular flexibility index (Phi) is 3.02. The van der Waals surface area contributed by atoms with E-state index in [9.17, 15) is 26.7 Å². The lowest BCUT2D eigenvalue weighted by Gasteiger charge is -2.13. The van der Waals surface area contributed by atoms with Crippen LogP contribution in [0.5, 0.6) is 5.75 Å². The number of alkyl halides is 2. The number of aliphatic carboxylic acids is 1. The van der Waals surface area contributed by atoms with Crippen LogP contribution in [0.2, 0.25) is 0 Å². The summed E-state index contributed by atoms with van der Waals surface area (Å²) in [5.74, 6) is -9.74. The molecule has 0 unspecified atom stereocenters. The third kappa shape index (κ3) is 2.20. The van der Waals surface area contributed by atoms with Gasteiger partial charge in [-0.05, 0) is 12.1 Å². The summed E-state index contributed by atoms with van der Waals surface area (Å²) in [4.78, 5) is 9.92. The highest BCUT2D eigenvalue weighted by molar-refractivity contribution is 5.73. The molecule has 8 heteroatoms. The van der Waals surface area contributed by atoms with E-state index in [1.165, 1.54) is 0 Å². The van der Waals surface area contributed by atoms with E-state index in [4.69, 9.17) is 5.11 Å². The van der Waals surface area contributed by atoms with Crippen LogP contribution in [-0.2, 0) is 4.79 Å². The number of carboxylic acid groups (broad SMARTS) is 1. The van der Waals surface area contributed by atoms with Gasteiger partial charge in [0.1, 0.15) is 0 Å². The van der Waals surface area contributed by atoms with E-state index in [1.54, 1.807) is 0 Å². The number of carboxylic acids is 1. The minimum Gasteiger partial charge on any atom is -0.474 e. The third-order valence-electron chi connectivity index (χ3n) is 1.49. The molecule has 1 N–H and O–H groups in total. The Bertz CT molecular complexity index is 432. The van der Waals surface area contributed by atoms with Gasteiger partial charge in [0.15, 0.2) is 17.4 Å². The van der Waals surface area contributed by atoms with Crippen LogP contribution in [0.3, 0.4) is 0 Å². The Morgan fingerprint density at radius 3 is 2.25 bits per heavy atom. The molecular weight excluding hydrogens is 239 g/mol. The van der Waals surface area contributed by atoms with E-state index in [0.717, 1.165) is 0 Å². The summed E-state index contributed by atoms with van der Waals surface area (Å²) in [5.41, 5.74) is 0. The predicted octanol–water partition coefficient (Wildman–Crippen LogP) is 2.16. The lowest BCUT2D eigenvalue weighted by molar-refractivity contribution is -0.211. The maximum absolute atomic E-state index is 12.8. The highest BCUT2D eigenvalue weighted by Gasteiger charge is 2.43. The standard InChI is InChI=1S/C8H3F5O3/c9-3-1-2-4(6(11)5(3)10)16-8(12,13)7(14)15/h1-2H,(H,14,15). The van der Waals surface area contributed by atoms with Crippen molar-refractivity contribution in [2.24, 2.45) is 0 Å². The monoisotopic (exact) mass is 242 g/mol. The molecule has 88 valence electrons. The molecule has 0 aromatic heterocycles. The first-order chi connectivity index (χ1) is 7.25. The quantitative estimate of drug-likeness (QED) is 0.652. The molecule has 0 saturated carbocycles. The zero-order valence-corrected chi connectivity index (χ0v) is 7.31. The molecule has 1 rings (SSSR count). The zero-order valence-electron chi connectivity index (χ0n) is 7.31. The molecule has 1 aromatic rings. The number of halogens is 5. The number of rotatable bonds is 3. The number of carbonyl (C=O) groups is 1. The van der Waals surface area contributed by atoms with Crippen molar-refractivity contribution >= 4 is 5.97 Å². The van der Waals surface area contributed by atoms with Crippen molar-refractivity contribution in [3.8, 4) is 5.75 Å². The second kappa shape index (κ2) is 3.95. The van der Waals surface area contributed by atoms with Gasteiger partial charge in [-0.15, -0.1) is 0 Å². The van der Waals surface area contributed by atoms with Crippen molar-refractivity contribution in [3.63, 3.8) is 0 Å². The normalized spacial score (nSPS) is 11.3. The average Bonchev–Trinajstić information content (AvgIpc) is 2.19. The summed E-state index contributed by atoms with van der Waals surface area (Å²) in [7, 11) is 0. The van der Waals surface area contributed by atoms with Crippen LogP contribution in [0.25, 0.3) is 0 Å². The topological polar surface area (TPSA) is 46.5 Å². The largest absolute Gasteiger partial charge is 0.502 e. The van der Waals surface area contributed by atoms with Gasteiger partial charge in [0.2, 0.25) is 5.82 Å². The van der Waals surface area contributed by atoms with Crippen molar-refractivity contribution in [1.29, 1.82) is 0 Å². The molecule has 0 bridgehead atoms. The van der Waals surface area contributed by atoms with E-state index >= 15 is 0 Å². The number of hydrogen-bond acceptors (Lipinski definition) is 2. The van der Waals surface area contributed by atoms with Crippen molar-refractivity contribution in [3.05, 3.63) is 29.6 Å². The molecule has 0 fully saturated rings. The fraction of sp³-hybridized carbons (Fsp3) is 0.125. The van der Waals surface area contributed by atoms with E-state index in [-0.39, 0.29) is 0 Å². The molecule has 0 heterocycles. The first-order valence-corrected chi connectivity index (χ1v) is 3.69. The number of benzene rings is 1. The predicted molar refractivity (Wildman–Crippen MR) is 39.5 cm³/mol. The molecule has 0 radical (unpaired) electrons. The minimum atomic E-state index is -4.73. The highest BCUT2D eigenvalue weighted by atomic mass is 19.3. The second-order valence-electron chi connectivity index (χ2n) is 2.60. The van der Waals surface area contributed by atoms with Crippen molar-refractivity contribution in [2.45, 2.75) is 6.11 Å². The Morgan fingerprint density at radius 1 is 1.19 bits per heavy atom. The van der Waals surface area contributed by atoms with E-state index < -0.39 is 35.3 Å². The second-order valence-corrected chi connectivity index (χ2v) is 2.60. The highest BCUT2D eigenvalue weighted by Crippen LogP contribution is 2.27. The maximum atomic E-state index is 12.8. The van der Waals surface area contributed by atoms with Crippen LogP contribution in [-0.4, -0.2) is 17.2 Å². The van der Waals surface area contributed by atoms with Gasteiger partial charge in [-0.3, -0.25) is 0 Å². The molecule has 0 spiro atoms. The molecule has 16 heavy (non-hydrogen) atoms. The number of hydrogen-bond donors (Lipinski definition) is 1.